The van der Waals surface area contributed by atoms with Crippen LogP contribution in [0, 0.1) is 11.7 Å². The van der Waals surface area contributed by atoms with E-state index < -0.39 is 0 Å². The van der Waals surface area contributed by atoms with Gasteiger partial charge >= 0.3 is 0 Å². The molecule has 27 heavy (non-hydrogen) atoms. The Hall–Kier alpha value is -2.15. The molecule has 7 heteroatoms. The lowest BCUT2D eigenvalue weighted by atomic mass is 10.0. The number of thioether (sulfide) groups is 1. The molecule has 1 aromatic rings. The fraction of sp³-hybridized carbons (Fsp3) is 0.450. The zero-order chi connectivity index (χ0) is 19.2. The van der Waals surface area contributed by atoms with Gasteiger partial charge in [-0.1, -0.05) is 37.8 Å². The highest BCUT2D eigenvalue weighted by Gasteiger charge is 2.34. The number of nitrogens with zero attached hydrogens (tertiary/aromatic N) is 1. The van der Waals surface area contributed by atoms with E-state index in [1.165, 1.54) is 37.8 Å². The van der Waals surface area contributed by atoms with Crippen LogP contribution in [-0.2, 0) is 9.59 Å². The van der Waals surface area contributed by atoms with Crippen LogP contribution in [0.4, 0.5) is 9.18 Å². The lowest BCUT2D eigenvalue weighted by Gasteiger charge is -2.13. The van der Waals surface area contributed by atoms with Crippen molar-refractivity contribution in [3.63, 3.8) is 0 Å². The first-order valence-electron chi connectivity index (χ1n) is 9.30. The van der Waals surface area contributed by atoms with Gasteiger partial charge in [-0.2, -0.15) is 0 Å². The maximum Gasteiger partial charge on any atom is 0.293 e. The number of amides is 3. The van der Waals surface area contributed by atoms with E-state index in [-0.39, 0.29) is 36.0 Å². The van der Waals surface area contributed by atoms with Crippen LogP contribution in [0.1, 0.15) is 44.1 Å². The van der Waals surface area contributed by atoms with Crippen molar-refractivity contribution in [2.75, 3.05) is 13.1 Å². The first kappa shape index (κ1) is 19.6. The van der Waals surface area contributed by atoms with Crippen molar-refractivity contribution in [1.82, 2.24) is 10.2 Å². The molecule has 0 radical (unpaired) electrons. The number of carbonyl (C=O) groups is 3. The van der Waals surface area contributed by atoms with Gasteiger partial charge in [0.2, 0.25) is 5.91 Å². The van der Waals surface area contributed by atoms with Crippen LogP contribution in [0.2, 0.25) is 0 Å². The van der Waals surface area contributed by atoms with Crippen LogP contribution in [-0.4, -0.2) is 35.0 Å². The minimum absolute atomic E-state index is 0.0317. The Morgan fingerprint density at radius 3 is 2.63 bits per heavy atom. The van der Waals surface area contributed by atoms with Gasteiger partial charge in [-0.05, 0) is 47.9 Å². The van der Waals surface area contributed by atoms with Crippen molar-refractivity contribution in [1.29, 1.82) is 0 Å². The summed E-state index contributed by atoms with van der Waals surface area (Å²) in [5, 5.41) is 2.44. The second-order valence-corrected chi connectivity index (χ2v) is 7.92. The van der Waals surface area contributed by atoms with Crippen molar-refractivity contribution in [2.24, 2.45) is 5.92 Å². The summed E-state index contributed by atoms with van der Waals surface area (Å²) in [7, 11) is 0. The first-order valence-corrected chi connectivity index (χ1v) is 10.1. The number of halogens is 1. The summed E-state index contributed by atoms with van der Waals surface area (Å²) in [5.74, 6) is -0.109. The molecule has 2 aliphatic rings. The molecule has 1 aromatic carbocycles. The fourth-order valence-electron chi connectivity index (χ4n) is 3.43. The average Bonchev–Trinajstić information content (AvgIpc) is 3.26. The second-order valence-electron chi connectivity index (χ2n) is 6.92. The fourth-order valence-corrected chi connectivity index (χ4v) is 4.30. The third-order valence-electron chi connectivity index (χ3n) is 4.95. The molecular formula is C20H23FN2O3S. The normalized spacial score (nSPS) is 19.3. The van der Waals surface area contributed by atoms with E-state index in [1.54, 1.807) is 18.2 Å². The molecule has 1 saturated carbocycles. The Morgan fingerprint density at radius 2 is 1.93 bits per heavy atom. The summed E-state index contributed by atoms with van der Waals surface area (Å²) in [6.45, 7) is 0.409. The SMILES string of the molecule is O=C(CCC1CCCC1)NCCN1C(=O)S/C(=C\c2ccc(F)cc2)C1=O. The third kappa shape index (κ3) is 5.42. The second kappa shape index (κ2) is 9.17. The van der Waals surface area contributed by atoms with Crippen LogP contribution in [0.15, 0.2) is 29.2 Å². The van der Waals surface area contributed by atoms with Gasteiger partial charge in [0.15, 0.2) is 0 Å². The molecule has 0 unspecified atom stereocenters. The summed E-state index contributed by atoms with van der Waals surface area (Å²) in [5.41, 5.74) is 0.655. The molecule has 1 heterocycles. The summed E-state index contributed by atoms with van der Waals surface area (Å²) >= 11 is 0.859. The monoisotopic (exact) mass is 390 g/mol. The number of benzene rings is 1. The van der Waals surface area contributed by atoms with Gasteiger partial charge in [0.05, 0.1) is 4.91 Å². The van der Waals surface area contributed by atoms with Gasteiger partial charge in [0.1, 0.15) is 5.82 Å². The van der Waals surface area contributed by atoms with E-state index in [4.69, 9.17) is 0 Å². The maximum absolute atomic E-state index is 13.0. The topological polar surface area (TPSA) is 66.5 Å². The molecule has 0 atom stereocenters. The van der Waals surface area contributed by atoms with Crippen LogP contribution < -0.4 is 5.32 Å². The highest BCUT2D eigenvalue weighted by Crippen LogP contribution is 2.32. The van der Waals surface area contributed by atoms with E-state index in [2.05, 4.69) is 5.32 Å². The van der Waals surface area contributed by atoms with E-state index in [0.29, 0.717) is 22.8 Å². The summed E-state index contributed by atoms with van der Waals surface area (Å²) in [6.07, 6.45) is 7.93. The Bertz CT molecular complexity index is 742. The molecule has 0 spiro atoms. The molecular weight excluding hydrogens is 367 g/mol. The minimum Gasteiger partial charge on any atom is -0.354 e. The number of hydrogen-bond acceptors (Lipinski definition) is 4. The van der Waals surface area contributed by atoms with Gasteiger partial charge in [-0.15, -0.1) is 0 Å². The molecule has 144 valence electrons. The molecule has 1 aliphatic carbocycles. The van der Waals surface area contributed by atoms with E-state index in [0.717, 1.165) is 23.1 Å². The largest absolute Gasteiger partial charge is 0.354 e. The number of carbonyl (C=O) groups excluding carboxylic acids is 3. The van der Waals surface area contributed by atoms with Gasteiger partial charge < -0.3 is 5.32 Å². The van der Waals surface area contributed by atoms with Crippen molar-refractivity contribution in [3.05, 3.63) is 40.6 Å². The van der Waals surface area contributed by atoms with Crippen LogP contribution in [0.5, 0.6) is 0 Å². The average molecular weight is 390 g/mol. The zero-order valence-corrected chi connectivity index (χ0v) is 15.9. The van der Waals surface area contributed by atoms with Crippen molar-refractivity contribution >= 4 is 34.9 Å². The van der Waals surface area contributed by atoms with Gasteiger partial charge in [-0.3, -0.25) is 19.3 Å². The van der Waals surface area contributed by atoms with Crippen molar-refractivity contribution in [3.8, 4) is 0 Å². The molecule has 0 bridgehead atoms. The molecule has 2 fully saturated rings. The minimum atomic E-state index is -0.380. The lowest BCUT2D eigenvalue weighted by molar-refractivity contribution is -0.124. The number of imide groups is 1. The number of hydrogen-bond donors (Lipinski definition) is 1. The lowest BCUT2D eigenvalue weighted by Crippen LogP contribution is -2.37. The summed E-state index contributed by atoms with van der Waals surface area (Å²) in [4.78, 5) is 37.8. The van der Waals surface area contributed by atoms with Gasteiger partial charge in [0.25, 0.3) is 11.1 Å². The quantitative estimate of drug-likeness (QED) is 0.716. The Kier molecular flexibility index (Phi) is 6.66. The summed E-state index contributed by atoms with van der Waals surface area (Å²) < 4.78 is 13.0. The molecule has 1 N–H and O–H groups in total. The van der Waals surface area contributed by atoms with Crippen LogP contribution in [0.25, 0.3) is 6.08 Å². The van der Waals surface area contributed by atoms with Crippen molar-refractivity contribution < 1.29 is 18.8 Å². The Morgan fingerprint density at radius 1 is 1.22 bits per heavy atom. The van der Waals surface area contributed by atoms with E-state index in [9.17, 15) is 18.8 Å². The third-order valence-corrected chi connectivity index (χ3v) is 5.86. The van der Waals surface area contributed by atoms with Gasteiger partial charge in [0, 0.05) is 19.5 Å². The van der Waals surface area contributed by atoms with Crippen LogP contribution >= 0.6 is 11.8 Å². The zero-order valence-electron chi connectivity index (χ0n) is 15.1. The maximum atomic E-state index is 13.0. The molecule has 3 amide bonds. The molecule has 3 rings (SSSR count). The molecule has 1 aliphatic heterocycles. The van der Waals surface area contributed by atoms with E-state index >= 15 is 0 Å². The van der Waals surface area contributed by atoms with E-state index in [1.807, 2.05) is 0 Å². The standard InChI is InChI=1S/C20H23FN2O3S/c21-16-8-5-15(6-9-16)13-17-19(25)23(20(26)27-17)12-11-22-18(24)10-7-14-3-1-2-4-14/h5-6,8-9,13-14H,1-4,7,10-12H2,(H,22,24)/b17-13-. The highest BCUT2D eigenvalue weighted by atomic mass is 32.2. The first-order chi connectivity index (χ1) is 13.0. The molecule has 5 nitrogen and oxygen atoms in total. The predicted molar refractivity (Wildman–Crippen MR) is 103 cm³/mol. The molecule has 0 aromatic heterocycles. The number of nitrogens with one attached hydrogen (secondary N) is 1. The summed E-state index contributed by atoms with van der Waals surface area (Å²) in [6, 6.07) is 5.70. The van der Waals surface area contributed by atoms with Crippen molar-refractivity contribution in [2.45, 2.75) is 38.5 Å². The Labute approximate surface area is 162 Å². The molecule has 1 saturated heterocycles. The predicted octanol–water partition coefficient (Wildman–Crippen LogP) is 3.95. The highest BCUT2D eigenvalue weighted by molar-refractivity contribution is 8.18. The smallest absolute Gasteiger partial charge is 0.293 e. The van der Waals surface area contributed by atoms with Crippen LogP contribution in [0.3, 0.4) is 0 Å². The Balaban J connectivity index is 1.45. The number of rotatable bonds is 7. The van der Waals surface area contributed by atoms with Gasteiger partial charge in [-0.25, -0.2) is 4.39 Å².